The summed E-state index contributed by atoms with van der Waals surface area (Å²) in [4.78, 5) is 3.45. The molecule has 17 heavy (non-hydrogen) atoms. The number of rotatable bonds is 3. The first-order valence-corrected chi connectivity index (χ1v) is 6.12. The number of alkyl halides is 3. The number of hydrogen-bond donors (Lipinski definition) is 2. The molecule has 1 saturated carbocycles. The minimum atomic E-state index is -4.48. The van der Waals surface area contributed by atoms with Crippen LogP contribution in [0.25, 0.3) is 0 Å². The van der Waals surface area contributed by atoms with Gasteiger partial charge in [-0.15, -0.1) is 0 Å². The molecule has 0 radical (unpaired) electrons. The lowest BCUT2D eigenvalue weighted by molar-refractivity contribution is -0.144. The van der Waals surface area contributed by atoms with Gasteiger partial charge in [-0.05, 0) is 12.8 Å². The van der Waals surface area contributed by atoms with E-state index in [0.717, 1.165) is 37.2 Å². The van der Waals surface area contributed by atoms with E-state index in [-0.39, 0.29) is 10.7 Å². The van der Waals surface area contributed by atoms with Crippen LogP contribution in [0.3, 0.4) is 0 Å². The van der Waals surface area contributed by atoms with E-state index in [1.165, 1.54) is 0 Å². The molecule has 0 amide bonds. The van der Waals surface area contributed by atoms with E-state index in [0.29, 0.717) is 6.54 Å². The van der Waals surface area contributed by atoms with Gasteiger partial charge >= 0.3 is 6.18 Å². The second-order valence-corrected chi connectivity index (χ2v) is 4.99. The summed E-state index contributed by atoms with van der Waals surface area (Å²) in [5.41, 5.74) is 5.38. The Kier molecular flexibility index (Phi) is 3.26. The number of nitrogens with one attached hydrogen (secondary N) is 1. The Morgan fingerprint density at radius 1 is 1.35 bits per heavy atom. The van der Waals surface area contributed by atoms with Gasteiger partial charge in [0, 0.05) is 18.1 Å². The molecule has 0 aliphatic heterocycles. The summed E-state index contributed by atoms with van der Waals surface area (Å²) in [6, 6.07) is 0. The van der Waals surface area contributed by atoms with Crippen molar-refractivity contribution in [3.05, 3.63) is 5.82 Å². The SMILES string of the molecule is NCC1(Nc2nc(C(F)(F)F)ns2)CCCC1. The van der Waals surface area contributed by atoms with Crippen molar-refractivity contribution < 1.29 is 13.2 Å². The molecule has 1 aromatic heterocycles. The average molecular weight is 266 g/mol. The highest BCUT2D eigenvalue weighted by Gasteiger charge is 2.38. The Morgan fingerprint density at radius 3 is 2.47 bits per heavy atom. The zero-order valence-corrected chi connectivity index (χ0v) is 9.87. The molecule has 1 fully saturated rings. The fourth-order valence-corrected chi connectivity index (χ4v) is 2.75. The van der Waals surface area contributed by atoms with Crippen LogP contribution in [0.4, 0.5) is 18.3 Å². The third-order valence-corrected chi connectivity index (χ3v) is 3.63. The molecular weight excluding hydrogens is 253 g/mol. The highest BCUT2D eigenvalue weighted by Crippen LogP contribution is 2.34. The molecule has 0 saturated heterocycles. The number of nitrogens with zero attached hydrogens (tertiary/aromatic N) is 2. The molecule has 1 aromatic rings. The van der Waals surface area contributed by atoms with Crippen molar-refractivity contribution in [3.63, 3.8) is 0 Å². The first-order valence-electron chi connectivity index (χ1n) is 5.34. The molecule has 0 bridgehead atoms. The van der Waals surface area contributed by atoms with Gasteiger partial charge in [-0.3, -0.25) is 0 Å². The summed E-state index contributed by atoms with van der Waals surface area (Å²) < 4.78 is 40.3. The fraction of sp³-hybridized carbons (Fsp3) is 0.778. The normalized spacial score (nSPS) is 19.5. The minimum Gasteiger partial charge on any atom is -0.354 e. The van der Waals surface area contributed by atoms with Crippen LogP contribution in [-0.4, -0.2) is 21.4 Å². The fourth-order valence-electron chi connectivity index (χ4n) is 2.05. The zero-order chi connectivity index (χ0) is 12.5. The molecular formula is C9H13F3N4S. The van der Waals surface area contributed by atoms with Gasteiger partial charge in [-0.25, -0.2) is 0 Å². The second kappa shape index (κ2) is 4.41. The Labute approximate surface area is 101 Å². The second-order valence-electron chi connectivity index (χ2n) is 4.24. The predicted octanol–water partition coefficient (Wildman–Crippen LogP) is 2.24. The van der Waals surface area contributed by atoms with Crippen LogP contribution in [0.15, 0.2) is 0 Å². The summed E-state index contributed by atoms with van der Waals surface area (Å²) in [5, 5.41) is 3.22. The Balaban J connectivity index is 2.11. The standard InChI is InChI=1S/C9H13F3N4S/c10-9(11,12)6-14-7(17-16-6)15-8(5-13)3-1-2-4-8/h1-5,13H2,(H,14,15,16). The molecule has 0 unspecified atom stereocenters. The van der Waals surface area contributed by atoms with Gasteiger partial charge in [-0.1, -0.05) is 12.8 Å². The highest BCUT2D eigenvalue weighted by atomic mass is 32.1. The number of halogens is 3. The third kappa shape index (κ3) is 2.68. The molecule has 1 heterocycles. The lowest BCUT2D eigenvalue weighted by Gasteiger charge is -2.27. The van der Waals surface area contributed by atoms with Crippen molar-refractivity contribution in [2.45, 2.75) is 37.4 Å². The van der Waals surface area contributed by atoms with Gasteiger partial charge < -0.3 is 11.1 Å². The molecule has 96 valence electrons. The minimum absolute atomic E-state index is 0.199. The maximum atomic E-state index is 12.3. The molecule has 3 N–H and O–H groups in total. The van der Waals surface area contributed by atoms with E-state index in [1.807, 2.05) is 0 Å². The van der Waals surface area contributed by atoms with Gasteiger partial charge in [0.1, 0.15) is 0 Å². The van der Waals surface area contributed by atoms with E-state index in [4.69, 9.17) is 5.73 Å². The van der Waals surface area contributed by atoms with Crippen LogP contribution in [0.2, 0.25) is 0 Å². The van der Waals surface area contributed by atoms with Gasteiger partial charge in [0.15, 0.2) is 0 Å². The third-order valence-electron chi connectivity index (χ3n) is 3.00. The Hall–Kier alpha value is -0.890. The maximum absolute atomic E-state index is 12.3. The van der Waals surface area contributed by atoms with E-state index < -0.39 is 12.0 Å². The zero-order valence-electron chi connectivity index (χ0n) is 9.05. The monoisotopic (exact) mass is 266 g/mol. The van der Waals surface area contributed by atoms with E-state index >= 15 is 0 Å². The van der Waals surface area contributed by atoms with Gasteiger partial charge in [-0.2, -0.15) is 22.5 Å². The molecule has 1 aliphatic rings. The maximum Gasteiger partial charge on any atom is 0.452 e. The van der Waals surface area contributed by atoms with Crippen molar-refractivity contribution in [2.75, 3.05) is 11.9 Å². The van der Waals surface area contributed by atoms with Gasteiger partial charge in [0.25, 0.3) is 0 Å². The van der Waals surface area contributed by atoms with Crippen LogP contribution >= 0.6 is 11.5 Å². The van der Waals surface area contributed by atoms with Crippen LogP contribution in [0.5, 0.6) is 0 Å². The van der Waals surface area contributed by atoms with E-state index in [2.05, 4.69) is 14.7 Å². The topological polar surface area (TPSA) is 63.8 Å². The van der Waals surface area contributed by atoms with Crippen molar-refractivity contribution in [1.29, 1.82) is 0 Å². The van der Waals surface area contributed by atoms with E-state index in [1.54, 1.807) is 0 Å². The summed E-state index contributed by atoms with van der Waals surface area (Å²) in [6.07, 6.45) is -0.679. The van der Waals surface area contributed by atoms with Crippen molar-refractivity contribution in [1.82, 2.24) is 9.36 Å². The Morgan fingerprint density at radius 2 is 2.00 bits per heavy atom. The average Bonchev–Trinajstić information content (AvgIpc) is 2.87. The van der Waals surface area contributed by atoms with Crippen LogP contribution in [0.1, 0.15) is 31.5 Å². The molecule has 8 heteroatoms. The van der Waals surface area contributed by atoms with Gasteiger partial charge in [0.2, 0.25) is 11.0 Å². The summed E-state index contributed by atoms with van der Waals surface area (Å²) >= 11 is 0.729. The quantitative estimate of drug-likeness (QED) is 0.880. The van der Waals surface area contributed by atoms with Crippen molar-refractivity contribution >= 4 is 16.7 Å². The summed E-state index contributed by atoms with van der Waals surface area (Å²) in [6.45, 7) is 0.397. The summed E-state index contributed by atoms with van der Waals surface area (Å²) in [5.74, 6) is -1.09. The smallest absolute Gasteiger partial charge is 0.354 e. The molecule has 2 rings (SSSR count). The molecule has 4 nitrogen and oxygen atoms in total. The summed E-state index contributed by atoms with van der Waals surface area (Å²) in [7, 11) is 0. The Bertz CT molecular complexity index is 384. The molecule has 0 atom stereocenters. The van der Waals surface area contributed by atoms with Crippen molar-refractivity contribution in [2.24, 2.45) is 5.73 Å². The van der Waals surface area contributed by atoms with Crippen LogP contribution < -0.4 is 11.1 Å². The number of hydrogen-bond acceptors (Lipinski definition) is 5. The number of nitrogens with two attached hydrogens (primary N) is 1. The lowest BCUT2D eigenvalue weighted by Crippen LogP contribution is -2.42. The number of aromatic nitrogens is 2. The van der Waals surface area contributed by atoms with Gasteiger partial charge in [0.05, 0.1) is 5.54 Å². The largest absolute Gasteiger partial charge is 0.452 e. The lowest BCUT2D eigenvalue weighted by atomic mass is 9.98. The highest BCUT2D eigenvalue weighted by molar-refractivity contribution is 7.09. The van der Waals surface area contributed by atoms with E-state index in [9.17, 15) is 13.2 Å². The van der Waals surface area contributed by atoms with Crippen molar-refractivity contribution in [3.8, 4) is 0 Å². The molecule has 1 aliphatic carbocycles. The molecule has 0 aromatic carbocycles. The van der Waals surface area contributed by atoms with Crippen LogP contribution in [0, 0.1) is 0 Å². The molecule has 0 spiro atoms. The number of anilines is 1. The van der Waals surface area contributed by atoms with Crippen LogP contribution in [-0.2, 0) is 6.18 Å². The first kappa shape index (κ1) is 12.6. The predicted molar refractivity (Wildman–Crippen MR) is 58.8 cm³/mol. The first-order chi connectivity index (χ1) is 7.95.